The summed E-state index contributed by atoms with van der Waals surface area (Å²) in [5, 5.41) is 0. The van der Waals surface area contributed by atoms with Gasteiger partial charge in [-0.25, -0.2) is 0 Å². The first-order valence-electron chi connectivity index (χ1n) is 9.71. The van der Waals surface area contributed by atoms with Crippen molar-refractivity contribution in [1.29, 1.82) is 0 Å². The predicted octanol–water partition coefficient (Wildman–Crippen LogP) is 3.94. The summed E-state index contributed by atoms with van der Waals surface area (Å²) in [6.07, 6.45) is 7.86. The number of rotatable bonds is 4. The van der Waals surface area contributed by atoms with E-state index in [0.717, 1.165) is 25.9 Å². The predicted molar refractivity (Wildman–Crippen MR) is 98.7 cm³/mol. The topological polar surface area (TPSA) is 46.3 Å². The van der Waals surface area contributed by atoms with Gasteiger partial charge in [-0.15, -0.1) is 0 Å². The molecule has 1 aromatic rings. The Morgan fingerprint density at radius 2 is 1.88 bits per heavy atom. The molecule has 1 saturated heterocycles. The van der Waals surface area contributed by atoms with Crippen LogP contribution in [0.3, 0.4) is 0 Å². The zero-order valence-corrected chi connectivity index (χ0v) is 15.0. The SMILES string of the molecule is CC(N)C1CCCN(C(=O)CC2CCC(c3ccccc3)CC2)C1. The van der Waals surface area contributed by atoms with E-state index in [9.17, 15) is 4.79 Å². The molecule has 2 unspecified atom stereocenters. The second kappa shape index (κ2) is 8.15. The second-order valence-corrected chi connectivity index (χ2v) is 7.93. The highest BCUT2D eigenvalue weighted by atomic mass is 16.2. The summed E-state index contributed by atoms with van der Waals surface area (Å²) >= 11 is 0. The maximum atomic E-state index is 12.7. The Labute approximate surface area is 146 Å². The lowest BCUT2D eigenvalue weighted by Crippen LogP contribution is -2.45. The van der Waals surface area contributed by atoms with Crippen molar-refractivity contribution < 1.29 is 4.79 Å². The van der Waals surface area contributed by atoms with Crippen LogP contribution in [0.15, 0.2) is 30.3 Å². The minimum Gasteiger partial charge on any atom is -0.342 e. The van der Waals surface area contributed by atoms with Crippen LogP contribution >= 0.6 is 0 Å². The van der Waals surface area contributed by atoms with Gasteiger partial charge in [-0.1, -0.05) is 30.3 Å². The molecule has 24 heavy (non-hydrogen) atoms. The summed E-state index contributed by atoms with van der Waals surface area (Å²) in [6.45, 7) is 3.88. The third-order valence-corrected chi connectivity index (χ3v) is 6.14. The van der Waals surface area contributed by atoms with Gasteiger partial charge in [-0.2, -0.15) is 0 Å². The number of hydrogen-bond acceptors (Lipinski definition) is 2. The van der Waals surface area contributed by atoms with E-state index in [4.69, 9.17) is 5.73 Å². The Morgan fingerprint density at radius 3 is 2.54 bits per heavy atom. The first-order valence-corrected chi connectivity index (χ1v) is 9.71. The van der Waals surface area contributed by atoms with E-state index in [1.807, 2.05) is 0 Å². The van der Waals surface area contributed by atoms with E-state index in [1.165, 1.54) is 37.7 Å². The Hall–Kier alpha value is -1.35. The van der Waals surface area contributed by atoms with Crippen molar-refractivity contribution >= 4 is 5.91 Å². The highest BCUT2D eigenvalue weighted by molar-refractivity contribution is 5.76. The fraction of sp³-hybridized carbons (Fsp3) is 0.667. The van der Waals surface area contributed by atoms with Gasteiger partial charge in [0.05, 0.1) is 0 Å². The van der Waals surface area contributed by atoms with Crippen LogP contribution < -0.4 is 5.73 Å². The van der Waals surface area contributed by atoms with Gasteiger partial charge in [0, 0.05) is 25.6 Å². The summed E-state index contributed by atoms with van der Waals surface area (Å²) in [7, 11) is 0. The van der Waals surface area contributed by atoms with Crippen LogP contribution in [0, 0.1) is 11.8 Å². The Bertz CT molecular complexity index is 520. The lowest BCUT2D eigenvalue weighted by Gasteiger charge is -2.36. The molecule has 2 atom stereocenters. The molecule has 1 aromatic carbocycles. The molecule has 1 saturated carbocycles. The molecule has 2 aliphatic rings. The fourth-order valence-corrected chi connectivity index (χ4v) is 4.47. The summed E-state index contributed by atoms with van der Waals surface area (Å²) in [5.41, 5.74) is 7.52. The number of hydrogen-bond donors (Lipinski definition) is 1. The molecule has 3 nitrogen and oxygen atoms in total. The van der Waals surface area contributed by atoms with Crippen LogP contribution in [0.2, 0.25) is 0 Å². The molecule has 3 heteroatoms. The number of amides is 1. The average Bonchev–Trinajstić information content (AvgIpc) is 2.63. The number of piperidine rings is 1. The summed E-state index contributed by atoms with van der Waals surface area (Å²) in [6, 6.07) is 11.0. The number of nitrogens with two attached hydrogens (primary N) is 1. The van der Waals surface area contributed by atoms with E-state index in [2.05, 4.69) is 42.2 Å². The number of nitrogens with zero attached hydrogens (tertiary/aromatic N) is 1. The molecule has 1 amide bonds. The van der Waals surface area contributed by atoms with Crippen molar-refractivity contribution in [1.82, 2.24) is 4.90 Å². The molecule has 1 aliphatic heterocycles. The number of likely N-dealkylation sites (tertiary alicyclic amines) is 1. The van der Waals surface area contributed by atoms with Crippen LogP contribution in [0.5, 0.6) is 0 Å². The normalized spacial score (nSPS) is 29.2. The monoisotopic (exact) mass is 328 g/mol. The van der Waals surface area contributed by atoms with Crippen LogP contribution in [0.4, 0.5) is 0 Å². The van der Waals surface area contributed by atoms with Crippen molar-refractivity contribution in [3.63, 3.8) is 0 Å². The molecule has 132 valence electrons. The van der Waals surface area contributed by atoms with Crippen LogP contribution in [-0.2, 0) is 4.79 Å². The maximum absolute atomic E-state index is 12.7. The fourth-order valence-electron chi connectivity index (χ4n) is 4.47. The van der Waals surface area contributed by atoms with Gasteiger partial charge in [0.25, 0.3) is 0 Å². The molecule has 0 aromatic heterocycles. The summed E-state index contributed by atoms with van der Waals surface area (Å²) < 4.78 is 0. The van der Waals surface area contributed by atoms with E-state index in [1.54, 1.807) is 0 Å². The molecule has 3 rings (SSSR count). The molecule has 0 spiro atoms. The zero-order chi connectivity index (χ0) is 16.9. The smallest absolute Gasteiger partial charge is 0.222 e. The lowest BCUT2D eigenvalue weighted by atomic mass is 9.77. The molecular weight excluding hydrogens is 296 g/mol. The molecule has 0 bridgehead atoms. The minimum absolute atomic E-state index is 0.196. The largest absolute Gasteiger partial charge is 0.342 e. The van der Waals surface area contributed by atoms with Crippen LogP contribution in [0.1, 0.15) is 63.4 Å². The number of benzene rings is 1. The molecule has 0 radical (unpaired) electrons. The summed E-state index contributed by atoms with van der Waals surface area (Å²) in [4.78, 5) is 14.8. The van der Waals surface area contributed by atoms with E-state index >= 15 is 0 Å². The zero-order valence-electron chi connectivity index (χ0n) is 15.0. The average molecular weight is 329 g/mol. The molecule has 2 fully saturated rings. The van der Waals surface area contributed by atoms with Gasteiger partial charge >= 0.3 is 0 Å². The van der Waals surface area contributed by atoms with E-state index in [-0.39, 0.29) is 6.04 Å². The second-order valence-electron chi connectivity index (χ2n) is 7.93. The van der Waals surface area contributed by atoms with Gasteiger partial charge in [-0.05, 0) is 68.8 Å². The Kier molecular flexibility index (Phi) is 5.94. The minimum atomic E-state index is 0.196. The van der Waals surface area contributed by atoms with Crippen molar-refractivity contribution in [3.05, 3.63) is 35.9 Å². The van der Waals surface area contributed by atoms with Gasteiger partial charge in [0.2, 0.25) is 5.91 Å². The van der Waals surface area contributed by atoms with Crippen molar-refractivity contribution in [2.45, 2.75) is 63.8 Å². The van der Waals surface area contributed by atoms with E-state index < -0.39 is 0 Å². The third-order valence-electron chi connectivity index (χ3n) is 6.14. The number of carbonyl (C=O) groups is 1. The van der Waals surface area contributed by atoms with Crippen molar-refractivity contribution in [3.8, 4) is 0 Å². The number of carbonyl (C=O) groups excluding carboxylic acids is 1. The highest BCUT2D eigenvalue weighted by Crippen LogP contribution is 2.37. The highest BCUT2D eigenvalue weighted by Gasteiger charge is 2.29. The van der Waals surface area contributed by atoms with Crippen LogP contribution in [-0.4, -0.2) is 29.9 Å². The van der Waals surface area contributed by atoms with Crippen LogP contribution in [0.25, 0.3) is 0 Å². The first kappa shape index (κ1) is 17.5. The van der Waals surface area contributed by atoms with Crippen molar-refractivity contribution in [2.24, 2.45) is 17.6 Å². The molecule has 1 aliphatic carbocycles. The molecular formula is C21H32N2O. The lowest BCUT2D eigenvalue weighted by molar-refractivity contribution is -0.134. The van der Waals surface area contributed by atoms with Gasteiger partial charge < -0.3 is 10.6 Å². The molecule has 1 heterocycles. The van der Waals surface area contributed by atoms with Gasteiger partial charge in [-0.3, -0.25) is 4.79 Å². The van der Waals surface area contributed by atoms with E-state index in [0.29, 0.717) is 23.7 Å². The quantitative estimate of drug-likeness (QED) is 0.910. The third kappa shape index (κ3) is 4.38. The summed E-state index contributed by atoms with van der Waals surface area (Å²) in [5.74, 6) is 2.11. The van der Waals surface area contributed by atoms with Gasteiger partial charge in [0.15, 0.2) is 0 Å². The maximum Gasteiger partial charge on any atom is 0.222 e. The Morgan fingerprint density at radius 1 is 1.17 bits per heavy atom. The first-order chi connectivity index (χ1) is 11.6. The van der Waals surface area contributed by atoms with Crippen molar-refractivity contribution in [2.75, 3.05) is 13.1 Å². The standard InChI is InChI=1S/C21H32N2O/c1-16(22)20-8-5-13-23(15-20)21(24)14-17-9-11-19(12-10-17)18-6-3-2-4-7-18/h2-4,6-7,16-17,19-20H,5,8-15,22H2,1H3. The van der Waals surface area contributed by atoms with Gasteiger partial charge in [0.1, 0.15) is 0 Å². The molecule has 2 N–H and O–H groups in total. The Balaban J connectivity index is 1.46.